The molecule has 2 rings (SSSR count). The zero-order valence-electron chi connectivity index (χ0n) is 10.8. The number of thiocarbonyl (C=S) groups is 1. The molecule has 1 unspecified atom stereocenters. The van der Waals surface area contributed by atoms with Crippen LogP contribution in [0.4, 0.5) is 0 Å². The van der Waals surface area contributed by atoms with Gasteiger partial charge in [-0.3, -0.25) is 0 Å². The fourth-order valence-electron chi connectivity index (χ4n) is 2.44. The first-order chi connectivity index (χ1) is 9.06. The van der Waals surface area contributed by atoms with Crippen molar-refractivity contribution in [2.75, 3.05) is 0 Å². The van der Waals surface area contributed by atoms with Crippen molar-refractivity contribution in [1.29, 1.82) is 0 Å². The second-order valence-corrected chi connectivity index (χ2v) is 4.75. The van der Waals surface area contributed by atoms with Gasteiger partial charge in [0.15, 0.2) is 0 Å². The van der Waals surface area contributed by atoms with Crippen molar-refractivity contribution in [3.05, 3.63) is 58.4 Å². The monoisotopic (exact) mass is 273 g/mol. The summed E-state index contributed by atoms with van der Waals surface area (Å²) in [6.07, 6.45) is 0. The maximum Gasteiger partial charge on any atom is 0.334 e. The van der Waals surface area contributed by atoms with Crippen molar-refractivity contribution in [2.45, 2.75) is 19.8 Å². The number of benzene rings is 1. The van der Waals surface area contributed by atoms with Gasteiger partial charge < -0.3 is 10.4 Å². The topological polar surface area (TPSA) is 49.3 Å². The number of hydrogen-bond donors (Lipinski definition) is 2. The van der Waals surface area contributed by atoms with Gasteiger partial charge in [-0.2, -0.15) is 0 Å². The minimum atomic E-state index is -0.916. The first-order valence-corrected chi connectivity index (χ1v) is 6.45. The van der Waals surface area contributed by atoms with E-state index in [1.807, 2.05) is 37.3 Å². The molecule has 1 aliphatic heterocycles. The third-order valence-corrected chi connectivity index (χ3v) is 3.56. The van der Waals surface area contributed by atoms with Crippen LogP contribution in [0.1, 0.15) is 25.3 Å². The number of rotatable bonds is 3. The first-order valence-electron chi connectivity index (χ1n) is 5.98. The Morgan fingerprint density at radius 2 is 1.89 bits per heavy atom. The van der Waals surface area contributed by atoms with Crippen LogP contribution in [0, 0.1) is 0 Å². The molecule has 0 saturated carbocycles. The Morgan fingerprint density at radius 1 is 1.26 bits per heavy atom. The minimum Gasteiger partial charge on any atom is -0.478 e. The molecular formula is C15H15NO2S. The fraction of sp³-hybridized carbons (Fsp3) is 0.200. The maximum atomic E-state index is 11.5. The van der Waals surface area contributed by atoms with Crippen molar-refractivity contribution in [3.63, 3.8) is 0 Å². The Bertz CT molecular complexity index is 587. The molecule has 1 aromatic carbocycles. The Hall–Kier alpha value is -1.94. The molecule has 0 fully saturated rings. The lowest BCUT2D eigenvalue weighted by Crippen LogP contribution is -2.28. The number of carboxylic acids is 1. The third kappa shape index (κ3) is 2.44. The van der Waals surface area contributed by atoms with E-state index in [0.717, 1.165) is 16.8 Å². The van der Waals surface area contributed by atoms with E-state index >= 15 is 0 Å². The number of dihydropyridines is 1. The largest absolute Gasteiger partial charge is 0.478 e. The number of carbonyl (C=O) groups is 1. The molecule has 0 radical (unpaired) electrons. The Morgan fingerprint density at radius 3 is 2.42 bits per heavy atom. The van der Waals surface area contributed by atoms with Gasteiger partial charge in [-0.05, 0) is 25.0 Å². The van der Waals surface area contributed by atoms with Crippen LogP contribution in [0.15, 0.2) is 52.9 Å². The molecule has 0 aliphatic carbocycles. The van der Waals surface area contributed by atoms with Crippen molar-refractivity contribution >= 4 is 23.6 Å². The van der Waals surface area contributed by atoms with E-state index in [4.69, 9.17) is 12.2 Å². The highest BCUT2D eigenvalue weighted by Crippen LogP contribution is 2.36. The van der Waals surface area contributed by atoms with Crippen molar-refractivity contribution in [2.24, 2.45) is 0 Å². The van der Waals surface area contributed by atoms with E-state index in [0.29, 0.717) is 11.3 Å². The number of nitrogens with one attached hydrogen (secondary N) is 1. The summed E-state index contributed by atoms with van der Waals surface area (Å²) in [5, 5.41) is 14.1. The smallest absolute Gasteiger partial charge is 0.334 e. The standard InChI is InChI=1S/C15H15NO2S/c1-9-12(8-19)14(11-6-4-3-5-7-11)13(15(17)18)10(2)16-9/h3-8,14,16H,1-2H3,(H,17,18). The molecule has 3 nitrogen and oxygen atoms in total. The predicted octanol–water partition coefficient (Wildman–Crippen LogP) is 3.01. The summed E-state index contributed by atoms with van der Waals surface area (Å²) in [7, 11) is 0. The Kier molecular flexibility index (Phi) is 3.81. The van der Waals surface area contributed by atoms with Gasteiger partial charge in [0.25, 0.3) is 0 Å². The van der Waals surface area contributed by atoms with E-state index in [1.54, 1.807) is 12.3 Å². The lowest BCUT2D eigenvalue weighted by Gasteiger charge is -2.29. The van der Waals surface area contributed by atoms with Gasteiger partial charge in [0.2, 0.25) is 0 Å². The van der Waals surface area contributed by atoms with Crippen LogP contribution < -0.4 is 5.32 Å². The van der Waals surface area contributed by atoms with Crippen molar-refractivity contribution in [1.82, 2.24) is 5.32 Å². The summed E-state index contributed by atoms with van der Waals surface area (Å²) in [6.45, 7) is 3.69. The SMILES string of the molecule is CC1=C(C=S)C(c2ccccc2)C(C(=O)O)=C(C)N1. The highest BCUT2D eigenvalue weighted by molar-refractivity contribution is 7.79. The summed E-state index contributed by atoms with van der Waals surface area (Å²) < 4.78 is 0. The lowest BCUT2D eigenvalue weighted by atomic mass is 9.81. The van der Waals surface area contributed by atoms with E-state index in [-0.39, 0.29) is 5.92 Å². The quantitative estimate of drug-likeness (QED) is 0.831. The zero-order valence-corrected chi connectivity index (χ0v) is 11.6. The van der Waals surface area contributed by atoms with Gasteiger partial charge in [-0.1, -0.05) is 42.5 Å². The normalized spacial score (nSPS) is 19.2. The van der Waals surface area contributed by atoms with Crippen LogP contribution in [0.3, 0.4) is 0 Å². The number of allylic oxidation sites excluding steroid dienone is 3. The van der Waals surface area contributed by atoms with E-state index in [1.165, 1.54) is 0 Å². The number of carboxylic acid groups (broad SMARTS) is 1. The van der Waals surface area contributed by atoms with Crippen LogP contribution in [0.2, 0.25) is 0 Å². The summed E-state index contributed by atoms with van der Waals surface area (Å²) in [4.78, 5) is 11.5. The van der Waals surface area contributed by atoms with Crippen LogP contribution in [-0.4, -0.2) is 16.4 Å². The van der Waals surface area contributed by atoms with E-state index in [9.17, 15) is 9.90 Å². The zero-order chi connectivity index (χ0) is 14.0. The molecule has 0 saturated heterocycles. The maximum absolute atomic E-state index is 11.5. The number of aliphatic carboxylic acids is 1. The third-order valence-electron chi connectivity index (χ3n) is 3.30. The van der Waals surface area contributed by atoms with Crippen molar-refractivity contribution < 1.29 is 9.90 Å². The predicted molar refractivity (Wildman–Crippen MR) is 79.0 cm³/mol. The van der Waals surface area contributed by atoms with Gasteiger partial charge in [0, 0.05) is 22.7 Å². The summed E-state index contributed by atoms with van der Waals surface area (Å²) in [5.41, 5.74) is 3.71. The molecule has 19 heavy (non-hydrogen) atoms. The van der Waals surface area contributed by atoms with Crippen LogP contribution in [-0.2, 0) is 4.79 Å². The molecule has 1 aliphatic rings. The van der Waals surface area contributed by atoms with E-state index in [2.05, 4.69) is 5.32 Å². The molecule has 1 heterocycles. The number of hydrogen-bond acceptors (Lipinski definition) is 3. The van der Waals surface area contributed by atoms with Gasteiger partial charge >= 0.3 is 5.97 Å². The fourth-order valence-corrected chi connectivity index (χ4v) is 2.75. The Labute approximate surface area is 117 Å². The second kappa shape index (κ2) is 5.36. The first kappa shape index (κ1) is 13.5. The van der Waals surface area contributed by atoms with Crippen LogP contribution in [0.25, 0.3) is 0 Å². The van der Waals surface area contributed by atoms with Crippen LogP contribution >= 0.6 is 12.2 Å². The molecule has 0 aromatic heterocycles. The van der Waals surface area contributed by atoms with Crippen LogP contribution in [0.5, 0.6) is 0 Å². The molecule has 2 N–H and O–H groups in total. The molecule has 0 spiro atoms. The highest BCUT2D eigenvalue weighted by atomic mass is 32.1. The van der Waals surface area contributed by atoms with Gasteiger partial charge in [0.05, 0.1) is 5.57 Å². The molecule has 0 amide bonds. The Balaban J connectivity index is 2.64. The average Bonchev–Trinajstić information content (AvgIpc) is 2.38. The second-order valence-electron chi connectivity index (χ2n) is 4.51. The minimum absolute atomic E-state index is 0.308. The van der Waals surface area contributed by atoms with Gasteiger partial charge in [0.1, 0.15) is 0 Å². The molecule has 4 heteroatoms. The van der Waals surface area contributed by atoms with E-state index < -0.39 is 5.97 Å². The molecule has 1 aromatic rings. The summed E-state index contributed by atoms with van der Waals surface area (Å²) in [5.74, 6) is -1.22. The van der Waals surface area contributed by atoms with Gasteiger partial charge in [-0.25, -0.2) is 4.79 Å². The lowest BCUT2D eigenvalue weighted by molar-refractivity contribution is -0.133. The molecule has 98 valence electrons. The molecule has 1 atom stereocenters. The molecule has 0 bridgehead atoms. The van der Waals surface area contributed by atoms with Gasteiger partial charge in [-0.15, -0.1) is 0 Å². The highest BCUT2D eigenvalue weighted by Gasteiger charge is 2.31. The van der Waals surface area contributed by atoms with Crippen molar-refractivity contribution in [3.8, 4) is 0 Å². The summed E-state index contributed by atoms with van der Waals surface area (Å²) >= 11 is 5.07. The summed E-state index contributed by atoms with van der Waals surface area (Å²) in [6, 6.07) is 9.58. The molecular weight excluding hydrogens is 258 g/mol. The average molecular weight is 273 g/mol.